The number of imidazole rings is 1. The van der Waals surface area contributed by atoms with Crippen molar-refractivity contribution < 1.29 is 4.79 Å². The Morgan fingerprint density at radius 3 is 3.17 bits per heavy atom. The number of likely N-dealkylation sites (tertiary alicyclic amines) is 1. The number of fused-ring (bicyclic) bond motifs is 3. The predicted molar refractivity (Wildman–Crippen MR) is 88.2 cm³/mol. The van der Waals surface area contributed by atoms with Crippen LogP contribution in [-0.4, -0.2) is 43.2 Å². The largest absolute Gasteiger partial charge is 0.345 e. The number of amides is 1. The number of aromatic nitrogens is 4. The Kier molecular flexibility index (Phi) is 3.45. The van der Waals surface area contributed by atoms with Crippen molar-refractivity contribution in [2.24, 2.45) is 5.92 Å². The van der Waals surface area contributed by atoms with E-state index in [-0.39, 0.29) is 18.2 Å². The van der Waals surface area contributed by atoms with Gasteiger partial charge in [-0.15, -0.1) is 0 Å². The zero-order chi connectivity index (χ0) is 16.7. The van der Waals surface area contributed by atoms with Crippen LogP contribution < -0.4 is 0 Å². The van der Waals surface area contributed by atoms with E-state index in [0.29, 0.717) is 12.5 Å². The number of rotatable bonds is 2. The number of H-pyrrole nitrogens is 1. The van der Waals surface area contributed by atoms with E-state index in [4.69, 9.17) is 5.26 Å². The maximum atomic E-state index is 12.1. The molecule has 0 saturated carbocycles. The van der Waals surface area contributed by atoms with E-state index in [9.17, 15) is 4.79 Å². The van der Waals surface area contributed by atoms with Crippen LogP contribution in [0.2, 0.25) is 0 Å². The van der Waals surface area contributed by atoms with Gasteiger partial charge < -0.3 is 9.88 Å². The topological polar surface area (TPSA) is 90.1 Å². The van der Waals surface area contributed by atoms with Crippen molar-refractivity contribution in [3.05, 3.63) is 30.4 Å². The number of aromatic amines is 1. The summed E-state index contributed by atoms with van der Waals surface area (Å²) in [6.07, 6.45) is 6.39. The first-order valence-corrected chi connectivity index (χ1v) is 8.13. The molecule has 3 aromatic rings. The second kappa shape index (κ2) is 5.64. The zero-order valence-corrected chi connectivity index (χ0v) is 13.4. The van der Waals surface area contributed by atoms with E-state index >= 15 is 0 Å². The summed E-state index contributed by atoms with van der Waals surface area (Å²) < 4.78 is 2.12. The van der Waals surface area contributed by atoms with Crippen molar-refractivity contribution in [3.8, 4) is 6.07 Å². The standard InChI is InChI=1S/C17H18N6O/c1-11-4-7-22(16(24)2-5-18)10-12(11)14-8-20-15-9-21-17-13(23(14)15)3-6-19-17/h3,6,8-9,11-12,19H,2,4,7,10H2,1H3/t11-,12+/m1/s1. The van der Waals surface area contributed by atoms with Crippen LogP contribution in [0.15, 0.2) is 24.7 Å². The van der Waals surface area contributed by atoms with Gasteiger partial charge in [-0.3, -0.25) is 9.20 Å². The highest BCUT2D eigenvalue weighted by Crippen LogP contribution is 2.33. The zero-order valence-electron chi connectivity index (χ0n) is 13.4. The third-order valence-corrected chi connectivity index (χ3v) is 4.99. The molecule has 7 nitrogen and oxygen atoms in total. The molecule has 0 aromatic carbocycles. The van der Waals surface area contributed by atoms with Crippen molar-refractivity contribution >= 4 is 22.7 Å². The lowest BCUT2D eigenvalue weighted by Crippen LogP contribution is -2.42. The number of piperidine rings is 1. The minimum atomic E-state index is -0.0864. The van der Waals surface area contributed by atoms with Crippen molar-refractivity contribution in [2.45, 2.75) is 25.7 Å². The molecule has 0 radical (unpaired) electrons. The number of carbonyl (C=O) groups excluding carboxylic acids is 1. The Labute approximate surface area is 138 Å². The molecule has 4 rings (SSSR count). The van der Waals surface area contributed by atoms with Crippen LogP contribution in [0.25, 0.3) is 16.8 Å². The molecule has 1 fully saturated rings. The molecule has 7 heteroatoms. The average molecular weight is 322 g/mol. The minimum absolute atomic E-state index is 0.0553. The fourth-order valence-corrected chi connectivity index (χ4v) is 3.61. The number of hydrogen-bond donors (Lipinski definition) is 1. The summed E-state index contributed by atoms with van der Waals surface area (Å²) in [6.45, 7) is 3.56. The summed E-state index contributed by atoms with van der Waals surface area (Å²) in [4.78, 5) is 25.9. The van der Waals surface area contributed by atoms with Crippen LogP contribution in [0.5, 0.6) is 0 Å². The number of nitrogens with zero attached hydrogens (tertiary/aromatic N) is 5. The third-order valence-electron chi connectivity index (χ3n) is 4.99. The van der Waals surface area contributed by atoms with Crippen LogP contribution in [0.4, 0.5) is 0 Å². The van der Waals surface area contributed by atoms with Crippen molar-refractivity contribution in [3.63, 3.8) is 0 Å². The normalized spacial score (nSPS) is 21.2. The van der Waals surface area contributed by atoms with E-state index in [1.165, 1.54) is 0 Å². The molecule has 1 amide bonds. The molecule has 2 atom stereocenters. The molecule has 4 heterocycles. The summed E-state index contributed by atoms with van der Waals surface area (Å²) in [6, 6.07) is 3.95. The molecule has 1 saturated heterocycles. The Balaban J connectivity index is 1.76. The highest BCUT2D eigenvalue weighted by Gasteiger charge is 2.32. The van der Waals surface area contributed by atoms with Gasteiger partial charge in [0.2, 0.25) is 5.91 Å². The maximum Gasteiger partial charge on any atom is 0.236 e. The molecule has 1 aliphatic rings. The summed E-state index contributed by atoms with van der Waals surface area (Å²) in [5.41, 5.74) is 3.72. The number of carbonyl (C=O) groups is 1. The smallest absolute Gasteiger partial charge is 0.236 e. The lowest BCUT2D eigenvalue weighted by Gasteiger charge is -2.36. The fraction of sp³-hybridized carbons (Fsp3) is 0.412. The molecular formula is C17H18N6O. The summed E-state index contributed by atoms with van der Waals surface area (Å²) in [7, 11) is 0. The van der Waals surface area contributed by atoms with Crippen LogP contribution in [0.1, 0.15) is 31.4 Å². The Morgan fingerprint density at radius 1 is 1.46 bits per heavy atom. The van der Waals surface area contributed by atoms with Gasteiger partial charge in [-0.2, -0.15) is 5.26 Å². The van der Waals surface area contributed by atoms with Crippen molar-refractivity contribution in [1.29, 1.82) is 5.26 Å². The maximum absolute atomic E-state index is 12.1. The Morgan fingerprint density at radius 2 is 2.33 bits per heavy atom. The van der Waals surface area contributed by atoms with E-state index in [0.717, 1.165) is 35.5 Å². The van der Waals surface area contributed by atoms with E-state index in [1.54, 1.807) is 6.20 Å². The minimum Gasteiger partial charge on any atom is -0.345 e. The van der Waals surface area contributed by atoms with Gasteiger partial charge in [0.1, 0.15) is 6.42 Å². The number of nitriles is 1. The van der Waals surface area contributed by atoms with Crippen molar-refractivity contribution in [2.75, 3.05) is 13.1 Å². The molecular weight excluding hydrogens is 304 g/mol. The van der Waals surface area contributed by atoms with E-state index in [2.05, 4.69) is 26.3 Å². The Hall–Kier alpha value is -2.88. The predicted octanol–water partition coefficient (Wildman–Crippen LogP) is 2.08. The summed E-state index contributed by atoms with van der Waals surface area (Å²) in [5.74, 6) is 0.548. The van der Waals surface area contributed by atoms with Gasteiger partial charge >= 0.3 is 0 Å². The van der Waals surface area contributed by atoms with Crippen LogP contribution in [0, 0.1) is 17.2 Å². The lowest BCUT2D eigenvalue weighted by atomic mass is 9.84. The SMILES string of the molecule is C[C@@H]1CCN(C(=O)CC#N)C[C@@H]1c1cnc2cnc3[nH]ccc3n12. The van der Waals surface area contributed by atoms with Crippen LogP contribution in [-0.2, 0) is 4.79 Å². The monoisotopic (exact) mass is 322 g/mol. The molecule has 1 aliphatic heterocycles. The van der Waals surface area contributed by atoms with Crippen molar-refractivity contribution in [1.82, 2.24) is 24.3 Å². The van der Waals surface area contributed by atoms with Gasteiger partial charge in [0, 0.05) is 37.1 Å². The molecule has 3 aromatic heterocycles. The summed E-state index contributed by atoms with van der Waals surface area (Å²) in [5, 5.41) is 8.78. The van der Waals surface area contributed by atoms with Gasteiger partial charge in [0.05, 0.1) is 17.8 Å². The van der Waals surface area contributed by atoms with Gasteiger partial charge in [0.25, 0.3) is 0 Å². The second-order valence-electron chi connectivity index (χ2n) is 6.39. The molecule has 24 heavy (non-hydrogen) atoms. The van der Waals surface area contributed by atoms with E-state index < -0.39 is 0 Å². The first kappa shape index (κ1) is 14.7. The van der Waals surface area contributed by atoms with Gasteiger partial charge in [-0.25, -0.2) is 9.97 Å². The molecule has 0 aliphatic carbocycles. The number of hydrogen-bond acceptors (Lipinski definition) is 4. The second-order valence-corrected chi connectivity index (χ2v) is 6.39. The Bertz CT molecular complexity index is 949. The van der Waals surface area contributed by atoms with E-state index in [1.807, 2.05) is 29.4 Å². The van der Waals surface area contributed by atoms with Gasteiger partial charge in [-0.1, -0.05) is 6.92 Å². The molecule has 0 bridgehead atoms. The lowest BCUT2D eigenvalue weighted by molar-refractivity contribution is -0.131. The van der Waals surface area contributed by atoms with Gasteiger partial charge in [0.15, 0.2) is 11.3 Å². The fourth-order valence-electron chi connectivity index (χ4n) is 3.61. The quantitative estimate of drug-likeness (QED) is 0.782. The van der Waals surface area contributed by atoms with Crippen LogP contribution >= 0.6 is 0 Å². The molecule has 0 spiro atoms. The molecule has 0 unspecified atom stereocenters. The highest BCUT2D eigenvalue weighted by molar-refractivity contribution is 5.78. The third kappa shape index (κ3) is 2.22. The highest BCUT2D eigenvalue weighted by atomic mass is 16.2. The first-order valence-electron chi connectivity index (χ1n) is 8.13. The molecule has 1 N–H and O–H groups in total. The number of nitrogens with one attached hydrogen (secondary N) is 1. The van der Waals surface area contributed by atoms with Crippen LogP contribution in [0.3, 0.4) is 0 Å². The summed E-state index contributed by atoms with van der Waals surface area (Å²) >= 11 is 0. The average Bonchev–Trinajstić information content (AvgIpc) is 3.21. The molecule has 122 valence electrons. The first-order chi connectivity index (χ1) is 11.7. The van der Waals surface area contributed by atoms with Gasteiger partial charge in [-0.05, 0) is 18.4 Å².